The smallest absolute Gasteiger partial charge is 0.139 e. The van der Waals surface area contributed by atoms with Crippen molar-refractivity contribution in [1.29, 1.82) is 0 Å². The first-order valence-corrected chi connectivity index (χ1v) is 7.75. The van der Waals surface area contributed by atoms with Crippen LogP contribution in [0.3, 0.4) is 0 Å². The van der Waals surface area contributed by atoms with Crippen molar-refractivity contribution in [3.63, 3.8) is 0 Å². The lowest BCUT2D eigenvalue weighted by Gasteiger charge is -2.37. The zero-order chi connectivity index (χ0) is 13.4. The van der Waals surface area contributed by atoms with Crippen LogP contribution in [0.15, 0.2) is 18.2 Å². The van der Waals surface area contributed by atoms with E-state index in [4.69, 9.17) is 27.9 Å². The fraction of sp³-hybridized carbons (Fsp3) is 0.600. The first-order chi connectivity index (χ1) is 9.16. The molecule has 19 heavy (non-hydrogen) atoms. The molecule has 0 aliphatic carbocycles. The van der Waals surface area contributed by atoms with E-state index in [9.17, 15) is 0 Å². The van der Waals surface area contributed by atoms with Gasteiger partial charge in [-0.05, 0) is 50.8 Å². The van der Waals surface area contributed by atoms with Gasteiger partial charge in [0.05, 0.1) is 5.02 Å². The van der Waals surface area contributed by atoms with Crippen LogP contribution >= 0.6 is 23.2 Å². The number of benzene rings is 1. The zero-order valence-electron chi connectivity index (χ0n) is 11.1. The summed E-state index contributed by atoms with van der Waals surface area (Å²) in [5.74, 6) is 1.59. The summed E-state index contributed by atoms with van der Waals surface area (Å²) in [5.41, 5.74) is 0. The van der Waals surface area contributed by atoms with Crippen LogP contribution in [-0.4, -0.2) is 30.1 Å². The Hall–Kier alpha value is -0.440. The number of hydrogen-bond acceptors (Lipinski definition) is 2. The lowest BCUT2D eigenvalue weighted by Crippen LogP contribution is -2.46. The number of nitrogens with zero attached hydrogens (tertiary/aromatic N) is 1. The number of rotatable bonds is 3. The van der Waals surface area contributed by atoms with Gasteiger partial charge >= 0.3 is 0 Å². The molecule has 2 bridgehead atoms. The summed E-state index contributed by atoms with van der Waals surface area (Å²) in [7, 11) is 0. The summed E-state index contributed by atoms with van der Waals surface area (Å²) < 4.78 is 5.90. The lowest BCUT2D eigenvalue weighted by atomic mass is 9.90. The van der Waals surface area contributed by atoms with E-state index in [0.717, 1.165) is 5.92 Å². The third-order valence-corrected chi connectivity index (χ3v) is 5.45. The molecular weight excluding hydrogens is 281 g/mol. The van der Waals surface area contributed by atoms with E-state index in [-0.39, 0.29) is 0 Å². The highest BCUT2D eigenvalue weighted by Gasteiger charge is 2.39. The van der Waals surface area contributed by atoms with Crippen molar-refractivity contribution < 1.29 is 4.74 Å². The second-order valence-corrected chi connectivity index (χ2v) is 6.41. The third-order valence-electron chi connectivity index (χ3n) is 4.65. The van der Waals surface area contributed by atoms with E-state index in [2.05, 4.69) is 11.8 Å². The molecule has 0 saturated carbocycles. The number of fused-ring (bicyclic) bond motifs is 2. The minimum atomic E-state index is 0.517. The van der Waals surface area contributed by atoms with E-state index in [1.807, 2.05) is 12.1 Å². The largest absolute Gasteiger partial charge is 0.490 e. The molecule has 0 spiro atoms. The fourth-order valence-electron chi connectivity index (χ4n) is 3.46. The van der Waals surface area contributed by atoms with Gasteiger partial charge in [0.1, 0.15) is 17.4 Å². The van der Waals surface area contributed by atoms with Gasteiger partial charge < -0.3 is 4.74 Å². The average Bonchev–Trinajstić information content (AvgIpc) is 2.64. The molecule has 2 heterocycles. The van der Waals surface area contributed by atoms with Gasteiger partial charge in [-0.15, -0.1) is 0 Å². The molecule has 104 valence electrons. The van der Waals surface area contributed by atoms with Gasteiger partial charge in [0, 0.05) is 12.1 Å². The molecule has 0 radical (unpaired) electrons. The van der Waals surface area contributed by atoms with Gasteiger partial charge in [-0.1, -0.05) is 29.3 Å². The molecule has 1 aromatic carbocycles. The van der Waals surface area contributed by atoms with Gasteiger partial charge in [0.25, 0.3) is 0 Å². The van der Waals surface area contributed by atoms with E-state index >= 15 is 0 Å². The van der Waals surface area contributed by atoms with Crippen molar-refractivity contribution in [2.75, 3.05) is 13.2 Å². The highest BCUT2D eigenvalue weighted by atomic mass is 35.5. The van der Waals surface area contributed by atoms with Crippen LogP contribution in [0.4, 0.5) is 0 Å². The van der Waals surface area contributed by atoms with E-state index in [1.54, 1.807) is 6.07 Å². The Morgan fingerprint density at radius 1 is 1.26 bits per heavy atom. The number of ether oxygens (including phenoxy) is 1. The molecule has 2 aliphatic heterocycles. The first kappa shape index (κ1) is 13.5. The maximum atomic E-state index is 6.15. The first-order valence-electron chi connectivity index (χ1n) is 6.99. The maximum absolute atomic E-state index is 6.15. The molecule has 3 unspecified atom stereocenters. The molecule has 2 aliphatic rings. The Bertz CT molecular complexity index is 465. The molecule has 0 N–H and O–H groups in total. The minimum Gasteiger partial charge on any atom is -0.490 e. The molecule has 3 rings (SSSR count). The van der Waals surface area contributed by atoms with Crippen LogP contribution in [0.5, 0.6) is 5.75 Å². The van der Waals surface area contributed by atoms with Crippen LogP contribution in [-0.2, 0) is 0 Å². The standard InChI is InChI=1S/C15H19Cl2NO/c1-10-11-5-6-12(18(10)8-7-11)9-19-14-4-2-3-13(16)15(14)17/h2-4,10-12H,5-9H2,1H3/t10?,11?,12-/m1/s1. The van der Waals surface area contributed by atoms with Gasteiger partial charge in [0.15, 0.2) is 0 Å². The van der Waals surface area contributed by atoms with Crippen LogP contribution in [0, 0.1) is 5.92 Å². The predicted octanol–water partition coefficient (Wildman–Crippen LogP) is 4.25. The van der Waals surface area contributed by atoms with Crippen LogP contribution in [0.2, 0.25) is 10.0 Å². The minimum absolute atomic E-state index is 0.517. The highest BCUT2D eigenvalue weighted by Crippen LogP contribution is 2.37. The molecule has 4 atom stereocenters. The molecule has 2 nitrogen and oxygen atoms in total. The second-order valence-electron chi connectivity index (χ2n) is 5.62. The van der Waals surface area contributed by atoms with E-state index in [0.29, 0.717) is 34.5 Å². The summed E-state index contributed by atoms with van der Waals surface area (Å²) in [5, 5.41) is 1.07. The van der Waals surface area contributed by atoms with Crippen molar-refractivity contribution in [2.45, 2.75) is 38.3 Å². The van der Waals surface area contributed by atoms with Gasteiger partial charge in [-0.2, -0.15) is 0 Å². The topological polar surface area (TPSA) is 12.5 Å². The summed E-state index contributed by atoms with van der Waals surface area (Å²) in [4.78, 5) is 2.59. The van der Waals surface area contributed by atoms with E-state index in [1.165, 1.54) is 25.8 Å². The third kappa shape index (κ3) is 2.58. The number of hydrogen-bond donors (Lipinski definition) is 0. The molecule has 4 heteroatoms. The predicted molar refractivity (Wildman–Crippen MR) is 79.3 cm³/mol. The van der Waals surface area contributed by atoms with Crippen LogP contribution < -0.4 is 4.74 Å². The summed E-state index contributed by atoms with van der Waals surface area (Å²) in [6, 6.07) is 6.76. The Labute approximate surface area is 124 Å². The Balaban J connectivity index is 1.65. The summed E-state index contributed by atoms with van der Waals surface area (Å²) in [6.07, 6.45) is 3.90. The van der Waals surface area contributed by atoms with Crippen LogP contribution in [0.1, 0.15) is 26.2 Å². The number of piperidine rings is 1. The Kier molecular flexibility index (Phi) is 3.93. The quantitative estimate of drug-likeness (QED) is 0.827. The van der Waals surface area contributed by atoms with Gasteiger partial charge in [0.2, 0.25) is 0 Å². The zero-order valence-corrected chi connectivity index (χ0v) is 12.6. The van der Waals surface area contributed by atoms with Crippen molar-refractivity contribution in [3.8, 4) is 5.75 Å². The monoisotopic (exact) mass is 299 g/mol. The molecule has 0 amide bonds. The second kappa shape index (κ2) is 5.51. The maximum Gasteiger partial charge on any atom is 0.139 e. The fourth-order valence-corrected chi connectivity index (χ4v) is 3.81. The van der Waals surface area contributed by atoms with Crippen molar-refractivity contribution >= 4 is 23.2 Å². The summed E-state index contributed by atoms with van der Waals surface area (Å²) in [6.45, 7) is 4.26. The van der Waals surface area contributed by atoms with Gasteiger partial charge in [-0.3, -0.25) is 4.90 Å². The Morgan fingerprint density at radius 2 is 2.11 bits per heavy atom. The average molecular weight is 300 g/mol. The van der Waals surface area contributed by atoms with E-state index < -0.39 is 0 Å². The lowest BCUT2D eigenvalue weighted by molar-refractivity contribution is 0.0803. The molecule has 1 aromatic rings. The molecular formula is C15H19Cl2NO. The summed E-state index contributed by atoms with van der Waals surface area (Å²) >= 11 is 12.1. The highest BCUT2D eigenvalue weighted by molar-refractivity contribution is 6.42. The number of halogens is 2. The van der Waals surface area contributed by atoms with Crippen molar-refractivity contribution in [1.82, 2.24) is 4.90 Å². The molecule has 2 fully saturated rings. The SMILES string of the molecule is CC1C2CC[C@H](COc3cccc(Cl)c3Cl)N1CC2. The normalized spacial score (nSPS) is 33.4. The molecule has 2 saturated heterocycles. The molecule has 0 aromatic heterocycles. The Morgan fingerprint density at radius 3 is 2.95 bits per heavy atom. The van der Waals surface area contributed by atoms with Crippen molar-refractivity contribution in [2.24, 2.45) is 5.92 Å². The van der Waals surface area contributed by atoms with Crippen LogP contribution in [0.25, 0.3) is 0 Å². The van der Waals surface area contributed by atoms with Crippen molar-refractivity contribution in [3.05, 3.63) is 28.2 Å². The van der Waals surface area contributed by atoms with Gasteiger partial charge in [-0.25, -0.2) is 0 Å².